The number of hydrogen-bond acceptors (Lipinski definition) is 2. The van der Waals surface area contributed by atoms with Gasteiger partial charge in [-0.3, -0.25) is 9.78 Å². The van der Waals surface area contributed by atoms with Crippen LogP contribution in [0.2, 0.25) is 0 Å². The van der Waals surface area contributed by atoms with Crippen LogP contribution in [0.1, 0.15) is 21.6 Å². The van der Waals surface area contributed by atoms with Crippen LogP contribution in [0.3, 0.4) is 0 Å². The molecule has 3 nitrogen and oxygen atoms in total. The Balaban J connectivity index is 2.71. The summed E-state index contributed by atoms with van der Waals surface area (Å²) in [6.07, 6.45) is 4.45. The normalized spacial score (nSPS) is 10.4. The Hall–Kier alpha value is -1.90. The first-order valence-electron chi connectivity index (χ1n) is 5.18. The molecule has 0 aliphatic carbocycles. The van der Waals surface area contributed by atoms with Gasteiger partial charge in [0, 0.05) is 36.3 Å². The Kier molecular flexibility index (Phi) is 2.60. The van der Waals surface area contributed by atoms with Crippen molar-refractivity contribution < 1.29 is 4.79 Å². The molecule has 0 atom stereocenters. The molecular formula is C13H14N2O. The van der Waals surface area contributed by atoms with Gasteiger partial charge in [0.25, 0.3) is 0 Å². The van der Waals surface area contributed by atoms with E-state index in [0.717, 1.165) is 34.4 Å². The van der Waals surface area contributed by atoms with Gasteiger partial charge in [-0.05, 0) is 31.5 Å². The van der Waals surface area contributed by atoms with Crippen molar-refractivity contribution in [2.45, 2.75) is 13.8 Å². The number of hydrogen-bond donors (Lipinski definition) is 0. The van der Waals surface area contributed by atoms with Crippen LogP contribution in [0.5, 0.6) is 0 Å². The third kappa shape index (κ3) is 1.45. The quantitative estimate of drug-likeness (QED) is 0.720. The fraction of sp³-hybridized carbons (Fsp3) is 0.231. The molecule has 2 rings (SSSR count). The fourth-order valence-electron chi connectivity index (χ4n) is 2.09. The van der Waals surface area contributed by atoms with Gasteiger partial charge in [-0.25, -0.2) is 0 Å². The number of carbonyl (C=O) groups excluding carboxylic acids is 1. The molecule has 3 heteroatoms. The lowest BCUT2D eigenvalue weighted by molar-refractivity contribution is 0.112. The topological polar surface area (TPSA) is 34.9 Å². The predicted molar refractivity (Wildman–Crippen MR) is 63.5 cm³/mol. The monoisotopic (exact) mass is 214 g/mol. The number of aldehydes is 1. The van der Waals surface area contributed by atoms with Crippen LogP contribution in [0, 0.1) is 13.8 Å². The maximum Gasteiger partial charge on any atom is 0.152 e. The molecule has 0 aliphatic heterocycles. The standard InChI is InChI=1S/C13H14N2O/c1-9-12(8-16)10(2)15(3)13(9)11-4-6-14-7-5-11/h4-8H,1-3H3. The van der Waals surface area contributed by atoms with Gasteiger partial charge in [0.2, 0.25) is 0 Å². The maximum atomic E-state index is 11.0. The van der Waals surface area contributed by atoms with Crippen LogP contribution in [0.15, 0.2) is 24.5 Å². The summed E-state index contributed by atoms with van der Waals surface area (Å²) >= 11 is 0. The summed E-state index contributed by atoms with van der Waals surface area (Å²) in [6.45, 7) is 3.94. The molecule has 82 valence electrons. The molecule has 0 saturated heterocycles. The van der Waals surface area contributed by atoms with Crippen LogP contribution in [0.25, 0.3) is 11.3 Å². The number of aromatic nitrogens is 2. The lowest BCUT2D eigenvalue weighted by atomic mass is 10.1. The van der Waals surface area contributed by atoms with Gasteiger partial charge in [0.1, 0.15) is 0 Å². The number of carbonyl (C=O) groups is 1. The Morgan fingerprint density at radius 1 is 1.25 bits per heavy atom. The maximum absolute atomic E-state index is 11.0. The number of rotatable bonds is 2. The van der Waals surface area contributed by atoms with Gasteiger partial charge in [0.15, 0.2) is 6.29 Å². The Bertz CT molecular complexity index is 527. The largest absolute Gasteiger partial charge is 0.347 e. The molecule has 0 spiro atoms. The van der Waals surface area contributed by atoms with Crippen molar-refractivity contribution in [3.63, 3.8) is 0 Å². The van der Waals surface area contributed by atoms with Crippen molar-refractivity contribution in [3.8, 4) is 11.3 Å². The Labute approximate surface area is 94.7 Å². The zero-order valence-electron chi connectivity index (χ0n) is 9.69. The molecule has 0 unspecified atom stereocenters. The number of nitrogens with zero attached hydrogens (tertiary/aromatic N) is 2. The zero-order chi connectivity index (χ0) is 11.7. The molecule has 0 radical (unpaired) electrons. The van der Waals surface area contributed by atoms with E-state index in [0.29, 0.717) is 0 Å². The minimum absolute atomic E-state index is 0.786. The van der Waals surface area contributed by atoms with Crippen molar-refractivity contribution >= 4 is 6.29 Å². The van der Waals surface area contributed by atoms with E-state index in [1.165, 1.54) is 0 Å². The highest BCUT2D eigenvalue weighted by atomic mass is 16.1. The molecule has 2 heterocycles. The van der Waals surface area contributed by atoms with Gasteiger partial charge in [-0.1, -0.05) is 0 Å². The van der Waals surface area contributed by atoms with E-state index in [4.69, 9.17) is 0 Å². The van der Waals surface area contributed by atoms with E-state index < -0.39 is 0 Å². The summed E-state index contributed by atoms with van der Waals surface area (Å²) < 4.78 is 2.05. The summed E-state index contributed by atoms with van der Waals surface area (Å²) in [7, 11) is 1.98. The zero-order valence-corrected chi connectivity index (χ0v) is 9.69. The molecule has 0 saturated carbocycles. The second-order valence-corrected chi connectivity index (χ2v) is 3.89. The second kappa shape index (κ2) is 3.93. The van der Waals surface area contributed by atoms with E-state index in [2.05, 4.69) is 9.55 Å². The van der Waals surface area contributed by atoms with Crippen LogP contribution in [0.4, 0.5) is 0 Å². The first-order valence-corrected chi connectivity index (χ1v) is 5.18. The van der Waals surface area contributed by atoms with E-state index in [1.54, 1.807) is 12.4 Å². The van der Waals surface area contributed by atoms with Crippen molar-refractivity contribution in [2.24, 2.45) is 7.05 Å². The van der Waals surface area contributed by atoms with E-state index in [1.807, 2.05) is 33.0 Å². The molecule has 2 aromatic rings. The van der Waals surface area contributed by atoms with Gasteiger partial charge in [-0.2, -0.15) is 0 Å². The summed E-state index contributed by atoms with van der Waals surface area (Å²) in [5.74, 6) is 0. The van der Waals surface area contributed by atoms with Gasteiger partial charge >= 0.3 is 0 Å². The molecule has 0 fully saturated rings. The van der Waals surface area contributed by atoms with Crippen molar-refractivity contribution in [2.75, 3.05) is 0 Å². The highest BCUT2D eigenvalue weighted by Gasteiger charge is 2.15. The minimum Gasteiger partial charge on any atom is -0.347 e. The number of pyridine rings is 1. The molecule has 0 N–H and O–H groups in total. The summed E-state index contributed by atoms with van der Waals surface area (Å²) in [5, 5.41) is 0. The average molecular weight is 214 g/mol. The van der Waals surface area contributed by atoms with E-state index in [-0.39, 0.29) is 0 Å². The van der Waals surface area contributed by atoms with Crippen LogP contribution in [-0.4, -0.2) is 15.8 Å². The van der Waals surface area contributed by atoms with Gasteiger partial charge < -0.3 is 4.57 Å². The van der Waals surface area contributed by atoms with Gasteiger partial charge in [0.05, 0.1) is 5.69 Å². The molecule has 0 aliphatic rings. The Morgan fingerprint density at radius 2 is 1.88 bits per heavy atom. The lowest BCUT2D eigenvalue weighted by Gasteiger charge is -2.05. The first kappa shape index (κ1) is 10.6. The van der Waals surface area contributed by atoms with E-state index >= 15 is 0 Å². The first-order chi connectivity index (χ1) is 7.66. The van der Waals surface area contributed by atoms with Crippen molar-refractivity contribution in [1.29, 1.82) is 0 Å². The molecule has 0 amide bonds. The van der Waals surface area contributed by atoms with E-state index in [9.17, 15) is 4.79 Å². The van der Waals surface area contributed by atoms with Crippen LogP contribution in [-0.2, 0) is 7.05 Å². The minimum atomic E-state index is 0.786. The Morgan fingerprint density at radius 3 is 2.38 bits per heavy atom. The summed E-state index contributed by atoms with van der Waals surface area (Å²) in [5.41, 5.74) is 4.99. The second-order valence-electron chi connectivity index (χ2n) is 3.89. The molecule has 16 heavy (non-hydrogen) atoms. The smallest absolute Gasteiger partial charge is 0.152 e. The average Bonchev–Trinajstić information content (AvgIpc) is 2.51. The fourth-order valence-corrected chi connectivity index (χ4v) is 2.09. The molecular weight excluding hydrogens is 200 g/mol. The van der Waals surface area contributed by atoms with Gasteiger partial charge in [-0.15, -0.1) is 0 Å². The summed E-state index contributed by atoms with van der Waals surface area (Å²) in [6, 6.07) is 3.91. The third-order valence-electron chi connectivity index (χ3n) is 3.06. The SMILES string of the molecule is Cc1c(C=O)c(C)n(C)c1-c1ccncc1. The molecule has 2 aromatic heterocycles. The summed E-state index contributed by atoms with van der Waals surface area (Å²) in [4.78, 5) is 15.0. The van der Waals surface area contributed by atoms with Crippen molar-refractivity contribution in [3.05, 3.63) is 41.3 Å². The highest BCUT2D eigenvalue weighted by molar-refractivity contribution is 5.84. The predicted octanol–water partition coefficient (Wildman–Crippen LogP) is 2.52. The highest BCUT2D eigenvalue weighted by Crippen LogP contribution is 2.28. The van der Waals surface area contributed by atoms with Crippen LogP contribution >= 0.6 is 0 Å². The third-order valence-corrected chi connectivity index (χ3v) is 3.06. The van der Waals surface area contributed by atoms with Crippen LogP contribution < -0.4 is 0 Å². The molecule has 0 bridgehead atoms. The van der Waals surface area contributed by atoms with Crippen molar-refractivity contribution in [1.82, 2.24) is 9.55 Å². The lowest BCUT2D eigenvalue weighted by Crippen LogP contribution is -1.95. The molecule has 0 aromatic carbocycles.